The highest BCUT2D eigenvalue weighted by atomic mass is 79.9. The van der Waals surface area contributed by atoms with E-state index in [9.17, 15) is 0 Å². The highest BCUT2D eigenvalue weighted by Gasteiger charge is 2.09. The van der Waals surface area contributed by atoms with E-state index in [0.29, 0.717) is 18.9 Å². The summed E-state index contributed by atoms with van der Waals surface area (Å²) < 4.78 is 17.9. The Bertz CT molecular complexity index is 569. The van der Waals surface area contributed by atoms with Crippen LogP contribution in [0, 0.1) is 0 Å². The molecule has 4 nitrogen and oxygen atoms in total. The monoisotopic (exact) mass is 389 g/mol. The summed E-state index contributed by atoms with van der Waals surface area (Å²) in [6.07, 6.45) is 1.64. The standard InChI is InChI=1S/C13H13Br2NO3/c1-17-12-3-11(15)13(4-10(12)14)19-7-9-2-8(5-16)6-18-9/h2-4,6H,5,7,16H2,1H3. The van der Waals surface area contributed by atoms with Crippen molar-refractivity contribution in [1.29, 1.82) is 0 Å². The van der Waals surface area contributed by atoms with Gasteiger partial charge >= 0.3 is 0 Å². The predicted octanol–water partition coefficient (Wildman–Crippen LogP) is 3.85. The van der Waals surface area contributed by atoms with Crippen molar-refractivity contribution >= 4 is 31.9 Å². The number of nitrogens with two attached hydrogens (primary N) is 1. The molecular weight excluding hydrogens is 378 g/mol. The Kier molecular flexibility index (Phi) is 4.90. The topological polar surface area (TPSA) is 57.6 Å². The quantitative estimate of drug-likeness (QED) is 0.842. The van der Waals surface area contributed by atoms with E-state index in [4.69, 9.17) is 19.6 Å². The molecule has 0 aliphatic rings. The SMILES string of the molecule is COc1cc(Br)c(OCc2cc(CN)co2)cc1Br. The van der Waals surface area contributed by atoms with Gasteiger partial charge in [-0.2, -0.15) is 0 Å². The zero-order valence-electron chi connectivity index (χ0n) is 10.3. The van der Waals surface area contributed by atoms with Gasteiger partial charge < -0.3 is 19.6 Å². The molecule has 2 N–H and O–H groups in total. The Labute approximate surface area is 128 Å². The minimum atomic E-state index is 0.345. The van der Waals surface area contributed by atoms with Crippen LogP contribution in [0.5, 0.6) is 11.5 Å². The normalized spacial score (nSPS) is 10.5. The molecule has 1 heterocycles. The van der Waals surface area contributed by atoms with Gasteiger partial charge in [-0.3, -0.25) is 0 Å². The number of hydrogen-bond donors (Lipinski definition) is 1. The van der Waals surface area contributed by atoms with E-state index in [1.54, 1.807) is 13.4 Å². The number of rotatable bonds is 5. The van der Waals surface area contributed by atoms with E-state index < -0.39 is 0 Å². The summed E-state index contributed by atoms with van der Waals surface area (Å²) in [4.78, 5) is 0. The van der Waals surface area contributed by atoms with Gasteiger partial charge in [-0.15, -0.1) is 0 Å². The number of hydrogen-bond acceptors (Lipinski definition) is 4. The summed E-state index contributed by atoms with van der Waals surface area (Å²) in [5.41, 5.74) is 6.47. The predicted molar refractivity (Wildman–Crippen MR) is 79.3 cm³/mol. The fourth-order valence-electron chi connectivity index (χ4n) is 1.54. The molecule has 0 radical (unpaired) electrons. The van der Waals surface area contributed by atoms with Gasteiger partial charge in [0.15, 0.2) is 0 Å². The lowest BCUT2D eigenvalue weighted by Crippen LogP contribution is -1.96. The molecule has 1 aromatic heterocycles. The lowest BCUT2D eigenvalue weighted by Gasteiger charge is -2.10. The Balaban J connectivity index is 2.09. The number of halogens is 2. The molecule has 0 aliphatic carbocycles. The molecule has 2 aromatic rings. The fraction of sp³-hybridized carbons (Fsp3) is 0.231. The molecule has 19 heavy (non-hydrogen) atoms. The van der Waals surface area contributed by atoms with Crippen LogP contribution in [0.3, 0.4) is 0 Å². The van der Waals surface area contributed by atoms with Crippen molar-refractivity contribution in [2.24, 2.45) is 5.73 Å². The molecule has 0 spiro atoms. The molecule has 0 saturated carbocycles. The maximum absolute atomic E-state index is 5.69. The van der Waals surface area contributed by atoms with Gasteiger partial charge in [0.2, 0.25) is 0 Å². The third-order valence-electron chi connectivity index (χ3n) is 2.52. The van der Waals surface area contributed by atoms with Gasteiger partial charge in [-0.1, -0.05) is 0 Å². The first kappa shape index (κ1) is 14.4. The van der Waals surface area contributed by atoms with E-state index in [0.717, 1.165) is 26.0 Å². The van der Waals surface area contributed by atoms with Crippen molar-refractivity contribution in [2.45, 2.75) is 13.2 Å². The molecular formula is C13H13Br2NO3. The highest BCUT2D eigenvalue weighted by molar-refractivity contribution is 9.11. The van der Waals surface area contributed by atoms with Crippen molar-refractivity contribution in [3.8, 4) is 11.5 Å². The first-order valence-corrected chi connectivity index (χ1v) is 7.15. The Morgan fingerprint density at radius 3 is 2.47 bits per heavy atom. The van der Waals surface area contributed by atoms with E-state index in [1.165, 1.54) is 0 Å². The second-order valence-electron chi connectivity index (χ2n) is 3.83. The summed E-state index contributed by atoms with van der Waals surface area (Å²) >= 11 is 6.86. The summed E-state index contributed by atoms with van der Waals surface area (Å²) in [6, 6.07) is 5.56. The molecule has 0 atom stereocenters. The van der Waals surface area contributed by atoms with Gasteiger partial charge in [0.25, 0.3) is 0 Å². The second kappa shape index (κ2) is 6.45. The van der Waals surface area contributed by atoms with Crippen molar-refractivity contribution in [3.63, 3.8) is 0 Å². The van der Waals surface area contributed by atoms with Crippen molar-refractivity contribution < 1.29 is 13.9 Å². The Morgan fingerprint density at radius 1 is 1.16 bits per heavy atom. The smallest absolute Gasteiger partial charge is 0.146 e. The molecule has 0 amide bonds. The summed E-state index contributed by atoms with van der Waals surface area (Å²) in [5, 5.41) is 0. The van der Waals surface area contributed by atoms with E-state index >= 15 is 0 Å². The highest BCUT2D eigenvalue weighted by Crippen LogP contribution is 2.36. The first-order chi connectivity index (χ1) is 9.13. The average Bonchev–Trinajstić information content (AvgIpc) is 2.87. The fourth-order valence-corrected chi connectivity index (χ4v) is 2.46. The van der Waals surface area contributed by atoms with Crippen LogP contribution in [0.15, 0.2) is 37.8 Å². The third kappa shape index (κ3) is 3.52. The second-order valence-corrected chi connectivity index (χ2v) is 5.54. The number of ether oxygens (including phenoxy) is 2. The first-order valence-electron chi connectivity index (χ1n) is 5.56. The van der Waals surface area contributed by atoms with Crippen LogP contribution in [0.25, 0.3) is 0 Å². The molecule has 1 aromatic carbocycles. The minimum Gasteiger partial charge on any atom is -0.496 e. The molecule has 0 fully saturated rings. The lowest BCUT2D eigenvalue weighted by atomic mass is 10.3. The zero-order valence-corrected chi connectivity index (χ0v) is 13.5. The molecule has 0 aliphatic heterocycles. The van der Waals surface area contributed by atoms with Crippen LogP contribution in [0.4, 0.5) is 0 Å². The summed E-state index contributed by atoms with van der Waals surface area (Å²) in [5.74, 6) is 2.18. The van der Waals surface area contributed by atoms with Crippen LogP contribution in [0.1, 0.15) is 11.3 Å². The molecule has 0 unspecified atom stereocenters. The zero-order chi connectivity index (χ0) is 13.8. The largest absolute Gasteiger partial charge is 0.496 e. The summed E-state index contributed by atoms with van der Waals surface area (Å²) in [7, 11) is 1.62. The van der Waals surface area contributed by atoms with Gasteiger partial charge in [-0.25, -0.2) is 0 Å². The number of methoxy groups -OCH3 is 1. The number of benzene rings is 1. The molecule has 0 bridgehead atoms. The molecule has 6 heteroatoms. The van der Waals surface area contributed by atoms with Gasteiger partial charge in [0.05, 0.1) is 22.3 Å². The third-order valence-corrected chi connectivity index (χ3v) is 3.76. The van der Waals surface area contributed by atoms with Crippen LogP contribution >= 0.6 is 31.9 Å². The van der Waals surface area contributed by atoms with Gasteiger partial charge in [-0.05, 0) is 50.1 Å². The van der Waals surface area contributed by atoms with Crippen molar-refractivity contribution in [1.82, 2.24) is 0 Å². The van der Waals surface area contributed by atoms with E-state index in [2.05, 4.69) is 31.9 Å². The van der Waals surface area contributed by atoms with E-state index in [-0.39, 0.29) is 0 Å². The van der Waals surface area contributed by atoms with Crippen LogP contribution in [-0.2, 0) is 13.2 Å². The number of furan rings is 1. The van der Waals surface area contributed by atoms with Crippen LogP contribution in [0.2, 0.25) is 0 Å². The van der Waals surface area contributed by atoms with Crippen molar-refractivity contribution in [2.75, 3.05) is 7.11 Å². The molecule has 2 rings (SSSR count). The summed E-state index contributed by atoms with van der Waals surface area (Å²) in [6.45, 7) is 0.804. The Morgan fingerprint density at radius 2 is 1.84 bits per heavy atom. The average molecular weight is 391 g/mol. The van der Waals surface area contributed by atoms with Gasteiger partial charge in [0.1, 0.15) is 23.9 Å². The van der Waals surface area contributed by atoms with Crippen LogP contribution in [-0.4, -0.2) is 7.11 Å². The molecule has 102 valence electrons. The van der Waals surface area contributed by atoms with Crippen LogP contribution < -0.4 is 15.2 Å². The van der Waals surface area contributed by atoms with E-state index in [1.807, 2.05) is 18.2 Å². The van der Waals surface area contributed by atoms with Gasteiger partial charge in [0, 0.05) is 12.1 Å². The Hall–Kier alpha value is -0.980. The maximum atomic E-state index is 5.69. The maximum Gasteiger partial charge on any atom is 0.146 e. The minimum absolute atomic E-state index is 0.345. The molecule has 0 saturated heterocycles. The lowest BCUT2D eigenvalue weighted by molar-refractivity contribution is 0.268. The van der Waals surface area contributed by atoms with Crippen molar-refractivity contribution in [3.05, 3.63) is 44.7 Å².